The number of benzene rings is 1. The molecule has 1 atom stereocenters. The highest BCUT2D eigenvalue weighted by Gasteiger charge is 2.26. The van der Waals surface area contributed by atoms with Crippen LogP contribution in [0, 0.1) is 6.92 Å². The molecule has 2 heterocycles. The summed E-state index contributed by atoms with van der Waals surface area (Å²) in [7, 11) is 0. The molecule has 3 rings (SSSR count). The number of halogens is 1. The summed E-state index contributed by atoms with van der Waals surface area (Å²) in [5.74, 6) is 0.728. The lowest BCUT2D eigenvalue weighted by Gasteiger charge is -2.35. The van der Waals surface area contributed by atoms with Gasteiger partial charge in [0, 0.05) is 50.1 Å². The van der Waals surface area contributed by atoms with Gasteiger partial charge in [-0.15, -0.1) is 0 Å². The van der Waals surface area contributed by atoms with E-state index in [1.165, 1.54) is 5.56 Å². The Bertz CT molecular complexity index is 746. The fraction of sp³-hybridized carbons (Fsp3) is 0.400. The lowest BCUT2D eigenvalue weighted by atomic mass is 10.2. The van der Waals surface area contributed by atoms with Crippen molar-refractivity contribution in [2.75, 3.05) is 26.2 Å². The van der Waals surface area contributed by atoms with E-state index in [0.29, 0.717) is 23.9 Å². The molecule has 6 heteroatoms. The molecule has 0 spiro atoms. The predicted octanol–water partition coefficient (Wildman–Crippen LogP) is 3.16. The Morgan fingerprint density at radius 2 is 2.04 bits per heavy atom. The first kappa shape index (κ1) is 18.7. The maximum absolute atomic E-state index is 12.7. The molecule has 1 aliphatic heterocycles. The van der Waals surface area contributed by atoms with Crippen LogP contribution in [-0.2, 0) is 11.3 Å². The Kier molecular flexibility index (Phi) is 6.12. The highest BCUT2D eigenvalue weighted by atomic mass is 35.5. The van der Waals surface area contributed by atoms with Gasteiger partial charge in [0.15, 0.2) is 6.10 Å². The van der Waals surface area contributed by atoms with E-state index < -0.39 is 6.10 Å². The van der Waals surface area contributed by atoms with Gasteiger partial charge in [-0.05, 0) is 49.2 Å². The number of hydrogen-bond acceptors (Lipinski definition) is 4. The van der Waals surface area contributed by atoms with E-state index in [1.54, 1.807) is 19.2 Å². The second-order valence-electron chi connectivity index (χ2n) is 6.63. The zero-order valence-corrected chi connectivity index (χ0v) is 15.9. The Morgan fingerprint density at radius 3 is 2.69 bits per heavy atom. The number of rotatable bonds is 5. The first-order valence-corrected chi connectivity index (χ1v) is 9.23. The largest absolute Gasteiger partial charge is 0.481 e. The minimum Gasteiger partial charge on any atom is -0.481 e. The zero-order valence-electron chi connectivity index (χ0n) is 15.2. The summed E-state index contributed by atoms with van der Waals surface area (Å²) in [6.45, 7) is 7.74. The average molecular weight is 374 g/mol. The van der Waals surface area contributed by atoms with Crippen LogP contribution in [0.15, 0.2) is 42.7 Å². The molecule has 2 aromatic rings. The number of pyridine rings is 1. The molecule has 0 N–H and O–H groups in total. The number of aromatic nitrogens is 1. The Labute approximate surface area is 159 Å². The number of carbonyl (C=O) groups is 1. The van der Waals surface area contributed by atoms with Crippen LogP contribution in [0.25, 0.3) is 0 Å². The van der Waals surface area contributed by atoms with E-state index in [1.807, 2.05) is 36.2 Å². The topological polar surface area (TPSA) is 45.7 Å². The number of aryl methyl sites for hydroxylation is 1. The third-order valence-electron chi connectivity index (χ3n) is 4.60. The van der Waals surface area contributed by atoms with E-state index in [9.17, 15) is 4.79 Å². The number of ether oxygens (including phenoxy) is 1. The summed E-state index contributed by atoms with van der Waals surface area (Å²) in [5, 5.41) is 0.665. The molecule has 0 radical (unpaired) electrons. The van der Waals surface area contributed by atoms with Crippen LogP contribution in [0.5, 0.6) is 5.75 Å². The van der Waals surface area contributed by atoms with Crippen LogP contribution in [0.1, 0.15) is 18.1 Å². The molecule has 138 valence electrons. The summed E-state index contributed by atoms with van der Waals surface area (Å²) in [4.78, 5) is 21.1. The second-order valence-corrected chi connectivity index (χ2v) is 7.07. The molecule has 0 saturated carbocycles. The summed E-state index contributed by atoms with van der Waals surface area (Å²) in [6, 6.07) is 9.46. The summed E-state index contributed by atoms with van der Waals surface area (Å²) in [5.41, 5.74) is 2.13. The van der Waals surface area contributed by atoms with Gasteiger partial charge in [0.05, 0.1) is 0 Å². The second kappa shape index (κ2) is 8.52. The van der Waals surface area contributed by atoms with E-state index in [0.717, 1.165) is 25.2 Å². The van der Waals surface area contributed by atoms with Gasteiger partial charge in [0.1, 0.15) is 5.75 Å². The molecule has 1 saturated heterocycles. The summed E-state index contributed by atoms with van der Waals surface area (Å²) < 4.78 is 5.87. The molecular weight excluding hydrogens is 350 g/mol. The lowest BCUT2D eigenvalue weighted by molar-refractivity contribution is -0.139. The number of piperazine rings is 1. The third kappa shape index (κ3) is 4.74. The third-order valence-corrected chi connectivity index (χ3v) is 4.84. The fourth-order valence-electron chi connectivity index (χ4n) is 3.12. The molecule has 5 nitrogen and oxygen atoms in total. The first-order valence-electron chi connectivity index (χ1n) is 8.86. The van der Waals surface area contributed by atoms with Crippen molar-refractivity contribution in [2.24, 2.45) is 0 Å². The van der Waals surface area contributed by atoms with Crippen LogP contribution < -0.4 is 4.74 Å². The van der Waals surface area contributed by atoms with E-state index in [-0.39, 0.29) is 5.91 Å². The molecule has 1 aromatic heterocycles. The van der Waals surface area contributed by atoms with Crippen LogP contribution in [0.3, 0.4) is 0 Å². The standard InChI is InChI=1S/C20H24ClN3O2/c1-15-12-18(21)5-6-19(15)26-16(2)20(25)24-10-8-23(9-11-24)14-17-4-3-7-22-13-17/h3-7,12-13,16H,8-11,14H2,1-2H3. The normalized spacial score (nSPS) is 16.3. The fourth-order valence-corrected chi connectivity index (χ4v) is 3.35. The van der Waals surface area contributed by atoms with Gasteiger partial charge in [0.2, 0.25) is 0 Å². The van der Waals surface area contributed by atoms with Crippen LogP contribution in [0.2, 0.25) is 5.02 Å². The van der Waals surface area contributed by atoms with Crippen LogP contribution >= 0.6 is 11.6 Å². The van der Waals surface area contributed by atoms with Crippen molar-refractivity contribution in [3.8, 4) is 5.75 Å². The first-order chi connectivity index (χ1) is 12.5. The van der Waals surface area contributed by atoms with Crippen molar-refractivity contribution >= 4 is 17.5 Å². The van der Waals surface area contributed by atoms with Crippen molar-refractivity contribution < 1.29 is 9.53 Å². The lowest BCUT2D eigenvalue weighted by Crippen LogP contribution is -2.51. The molecule has 1 aliphatic rings. The van der Waals surface area contributed by atoms with Gasteiger partial charge in [-0.3, -0.25) is 14.7 Å². The number of hydrogen-bond donors (Lipinski definition) is 0. The van der Waals surface area contributed by atoms with Crippen molar-refractivity contribution in [2.45, 2.75) is 26.5 Å². The summed E-state index contributed by atoms with van der Waals surface area (Å²) >= 11 is 5.97. The number of nitrogens with zero attached hydrogens (tertiary/aromatic N) is 3. The monoisotopic (exact) mass is 373 g/mol. The zero-order chi connectivity index (χ0) is 18.5. The molecule has 26 heavy (non-hydrogen) atoms. The van der Waals surface area contributed by atoms with Crippen LogP contribution in [0.4, 0.5) is 0 Å². The molecule has 1 amide bonds. The van der Waals surface area contributed by atoms with E-state index in [2.05, 4.69) is 16.0 Å². The minimum atomic E-state index is -0.514. The van der Waals surface area contributed by atoms with Crippen molar-refractivity contribution in [1.82, 2.24) is 14.8 Å². The molecule has 0 aliphatic carbocycles. The quantitative estimate of drug-likeness (QED) is 0.807. The Morgan fingerprint density at radius 1 is 1.27 bits per heavy atom. The van der Waals surface area contributed by atoms with Gasteiger partial charge in [0.25, 0.3) is 5.91 Å². The number of amides is 1. The van der Waals surface area contributed by atoms with Crippen LogP contribution in [-0.4, -0.2) is 53.0 Å². The predicted molar refractivity (Wildman–Crippen MR) is 102 cm³/mol. The maximum atomic E-state index is 12.7. The molecule has 0 bridgehead atoms. The van der Waals surface area contributed by atoms with Gasteiger partial charge >= 0.3 is 0 Å². The van der Waals surface area contributed by atoms with E-state index >= 15 is 0 Å². The Balaban J connectivity index is 1.51. The SMILES string of the molecule is Cc1cc(Cl)ccc1OC(C)C(=O)N1CCN(Cc2cccnc2)CC1. The average Bonchev–Trinajstić information content (AvgIpc) is 2.65. The molecule has 1 unspecified atom stereocenters. The van der Waals surface area contributed by atoms with Gasteiger partial charge in [-0.2, -0.15) is 0 Å². The van der Waals surface area contributed by atoms with Crippen molar-refractivity contribution in [1.29, 1.82) is 0 Å². The van der Waals surface area contributed by atoms with Crippen molar-refractivity contribution in [3.05, 3.63) is 58.9 Å². The van der Waals surface area contributed by atoms with Crippen molar-refractivity contribution in [3.63, 3.8) is 0 Å². The minimum absolute atomic E-state index is 0.0281. The smallest absolute Gasteiger partial charge is 0.263 e. The van der Waals surface area contributed by atoms with E-state index in [4.69, 9.17) is 16.3 Å². The Hall–Kier alpha value is -2.11. The van der Waals surface area contributed by atoms with Gasteiger partial charge in [-0.25, -0.2) is 0 Å². The van der Waals surface area contributed by atoms with Gasteiger partial charge in [-0.1, -0.05) is 17.7 Å². The number of carbonyl (C=O) groups excluding carboxylic acids is 1. The summed E-state index contributed by atoms with van der Waals surface area (Å²) in [6.07, 6.45) is 3.16. The molecule has 1 aromatic carbocycles. The van der Waals surface area contributed by atoms with Gasteiger partial charge < -0.3 is 9.64 Å². The highest BCUT2D eigenvalue weighted by molar-refractivity contribution is 6.30. The highest BCUT2D eigenvalue weighted by Crippen LogP contribution is 2.23. The molecular formula is C20H24ClN3O2. The molecule has 1 fully saturated rings. The maximum Gasteiger partial charge on any atom is 0.263 e.